The predicted molar refractivity (Wildman–Crippen MR) is 86.9 cm³/mol. The zero-order chi connectivity index (χ0) is 16.9. The molecule has 0 aromatic carbocycles. The molecule has 1 saturated heterocycles. The third-order valence-electron chi connectivity index (χ3n) is 3.72. The minimum absolute atomic E-state index is 0.120. The SMILES string of the molecule is CCOc1ncccc1C(=O)N1CCC[C@H](CNS(C)(=O)=O)C1. The first-order valence-corrected chi connectivity index (χ1v) is 9.61. The highest BCUT2D eigenvalue weighted by Crippen LogP contribution is 2.22. The molecule has 23 heavy (non-hydrogen) atoms. The lowest BCUT2D eigenvalue weighted by atomic mass is 9.98. The third kappa shape index (κ3) is 5.18. The van der Waals surface area contributed by atoms with Crippen molar-refractivity contribution in [2.24, 2.45) is 5.92 Å². The van der Waals surface area contributed by atoms with Crippen molar-refractivity contribution in [3.05, 3.63) is 23.9 Å². The molecule has 1 aliphatic rings. The smallest absolute Gasteiger partial charge is 0.259 e. The van der Waals surface area contributed by atoms with Crippen LogP contribution in [0.3, 0.4) is 0 Å². The highest BCUT2D eigenvalue weighted by atomic mass is 32.2. The molecule has 2 rings (SSSR count). The van der Waals surface area contributed by atoms with Crippen LogP contribution in [0, 0.1) is 5.92 Å². The Kier molecular flexibility index (Phi) is 5.95. The number of pyridine rings is 1. The summed E-state index contributed by atoms with van der Waals surface area (Å²) in [6, 6.07) is 3.42. The Labute approximate surface area is 137 Å². The summed E-state index contributed by atoms with van der Waals surface area (Å²) in [5.41, 5.74) is 0.450. The summed E-state index contributed by atoms with van der Waals surface area (Å²) in [6.07, 6.45) is 4.49. The summed E-state index contributed by atoms with van der Waals surface area (Å²) < 4.78 is 30.4. The van der Waals surface area contributed by atoms with Crippen LogP contribution in [-0.4, -0.2) is 56.7 Å². The average Bonchev–Trinajstić information content (AvgIpc) is 2.53. The van der Waals surface area contributed by atoms with E-state index in [2.05, 4.69) is 9.71 Å². The standard InChI is InChI=1S/C15H23N3O4S/c1-3-22-14-13(7-4-8-16-14)15(19)18-9-5-6-12(11-18)10-17-23(2,20)21/h4,7-8,12,17H,3,5-6,9-11H2,1-2H3/t12-/m1/s1. The number of nitrogens with one attached hydrogen (secondary N) is 1. The number of rotatable bonds is 6. The van der Waals surface area contributed by atoms with Gasteiger partial charge in [-0.25, -0.2) is 18.1 Å². The summed E-state index contributed by atoms with van der Waals surface area (Å²) in [6.45, 7) is 3.83. The number of hydrogen-bond donors (Lipinski definition) is 1. The summed E-state index contributed by atoms with van der Waals surface area (Å²) in [7, 11) is -3.21. The Hall–Kier alpha value is -1.67. The lowest BCUT2D eigenvalue weighted by Gasteiger charge is -2.33. The van der Waals surface area contributed by atoms with Gasteiger partial charge in [-0.1, -0.05) is 0 Å². The molecule has 2 heterocycles. The van der Waals surface area contributed by atoms with Crippen molar-refractivity contribution >= 4 is 15.9 Å². The molecule has 1 amide bonds. The van der Waals surface area contributed by atoms with Crippen molar-refractivity contribution in [3.8, 4) is 5.88 Å². The molecule has 0 aliphatic carbocycles. The number of piperidine rings is 1. The normalized spacial score (nSPS) is 18.7. The first-order valence-electron chi connectivity index (χ1n) is 7.72. The summed E-state index contributed by atoms with van der Waals surface area (Å²) in [5.74, 6) is 0.344. The molecular formula is C15H23N3O4S. The molecule has 7 nitrogen and oxygen atoms in total. The van der Waals surface area contributed by atoms with Crippen molar-refractivity contribution in [2.75, 3.05) is 32.5 Å². The van der Waals surface area contributed by atoms with Crippen LogP contribution in [-0.2, 0) is 10.0 Å². The van der Waals surface area contributed by atoms with Gasteiger partial charge >= 0.3 is 0 Å². The zero-order valence-electron chi connectivity index (χ0n) is 13.5. The number of sulfonamides is 1. The molecule has 8 heteroatoms. The van der Waals surface area contributed by atoms with Gasteiger partial charge in [-0.3, -0.25) is 4.79 Å². The van der Waals surface area contributed by atoms with E-state index < -0.39 is 10.0 Å². The lowest BCUT2D eigenvalue weighted by Crippen LogP contribution is -2.43. The fourth-order valence-electron chi connectivity index (χ4n) is 2.66. The molecule has 1 aromatic heterocycles. The monoisotopic (exact) mass is 341 g/mol. The fraction of sp³-hybridized carbons (Fsp3) is 0.600. The number of amides is 1. The first-order chi connectivity index (χ1) is 10.9. The fourth-order valence-corrected chi connectivity index (χ4v) is 3.20. The average molecular weight is 341 g/mol. The van der Waals surface area contributed by atoms with Crippen LogP contribution in [0.2, 0.25) is 0 Å². The predicted octanol–water partition coefficient (Wildman–Crippen LogP) is 0.882. The maximum atomic E-state index is 12.7. The highest BCUT2D eigenvalue weighted by molar-refractivity contribution is 7.88. The van der Waals surface area contributed by atoms with Crippen molar-refractivity contribution in [3.63, 3.8) is 0 Å². The van der Waals surface area contributed by atoms with E-state index in [0.717, 1.165) is 19.1 Å². The van der Waals surface area contributed by atoms with Crippen molar-refractivity contribution < 1.29 is 17.9 Å². The van der Waals surface area contributed by atoms with Gasteiger partial charge < -0.3 is 9.64 Å². The van der Waals surface area contributed by atoms with E-state index in [1.54, 1.807) is 23.2 Å². The Morgan fingerprint density at radius 3 is 3.00 bits per heavy atom. The van der Waals surface area contributed by atoms with Crippen LogP contribution >= 0.6 is 0 Å². The largest absolute Gasteiger partial charge is 0.477 e. The number of carbonyl (C=O) groups is 1. The summed E-state index contributed by atoms with van der Waals surface area (Å²) in [4.78, 5) is 18.6. The number of nitrogens with zero attached hydrogens (tertiary/aromatic N) is 2. The van der Waals surface area contributed by atoms with Gasteiger partial charge in [0.25, 0.3) is 5.91 Å². The molecule has 1 aliphatic heterocycles. The molecule has 1 N–H and O–H groups in total. The Morgan fingerprint density at radius 2 is 2.30 bits per heavy atom. The molecule has 0 spiro atoms. The number of carbonyl (C=O) groups excluding carboxylic acids is 1. The first kappa shape index (κ1) is 17.7. The molecular weight excluding hydrogens is 318 g/mol. The minimum Gasteiger partial charge on any atom is -0.477 e. The van der Waals surface area contributed by atoms with E-state index in [9.17, 15) is 13.2 Å². The van der Waals surface area contributed by atoms with Gasteiger partial charge in [0, 0.05) is 25.8 Å². The lowest BCUT2D eigenvalue weighted by molar-refractivity contribution is 0.0671. The highest BCUT2D eigenvalue weighted by Gasteiger charge is 2.27. The maximum Gasteiger partial charge on any atom is 0.259 e. The van der Waals surface area contributed by atoms with Gasteiger partial charge in [0.15, 0.2) is 0 Å². The maximum absolute atomic E-state index is 12.7. The zero-order valence-corrected chi connectivity index (χ0v) is 14.3. The summed E-state index contributed by atoms with van der Waals surface area (Å²) >= 11 is 0. The quantitative estimate of drug-likeness (QED) is 0.830. The molecule has 0 bridgehead atoms. The van der Waals surface area contributed by atoms with Crippen molar-refractivity contribution in [1.29, 1.82) is 0 Å². The van der Waals surface area contributed by atoms with E-state index >= 15 is 0 Å². The van der Waals surface area contributed by atoms with E-state index in [1.165, 1.54) is 0 Å². The van der Waals surface area contributed by atoms with Gasteiger partial charge in [-0.15, -0.1) is 0 Å². The number of likely N-dealkylation sites (tertiary alicyclic amines) is 1. The van der Waals surface area contributed by atoms with Crippen LogP contribution in [0.5, 0.6) is 5.88 Å². The van der Waals surface area contributed by atoms with E-state index in [4.69, 9.17) is 4.74 Å². The van der Waals surface area contributed by atoms with Gasteiger partial charge in [-0.2, -0.15) is 0 Å². The van der Waals surface area contributed by atoms with Crippen molar-refractivity contribution in [1.82, 2.24) is 14.6 Å². The van der Waals surface area contributed by atoms with Gasteiger partial charge in [-0.05, 0) is 37.8 Å². The third-order valence-corrected chi connectivity index (χ3v) is 4.41. The second-order valence-electron chi connectivity index (χ2n) is 5.67. The molecule has 0 unspecified atom stereocenters. The summed E-state index contributed by atoms with van der Waals surface area (Å²) in [5, 5.41) is 0. The van der Waals surface area contributed by atoms with E-state index in [1.807, 2.05) is 6.92 Å². The Bertz CT molecular complexity index is 648. The topological polar surface area (TPSA) is 88.6 Å². The van der Waals surface area contributed by atoms with Crippen LogP contribution in [0.4, 0.5) is 0 Å². The number of aromatic nitrogens is 1. The number of hydrogen-bond acceptors (Lipinski definition) is 5. The Balaban J connectivity index is 2.05. The van der Waals surface area contributed by atoms with Crippen LogP contribution in [0.1, 0.15) is 30.1 Å². The second-order valence-corrected chi connectivity index (χ2v) is 7.50. The molecule has 1 atom stereocenters. The van der Waals surface area contributed by atoms with E-state index in [-0.39, 0.29) is 11.8 Å². The van der Waals surface area contributed by atoms with Crippen LogP contribution < -0.4 is 9.46 Å². The molecule has 1 fully saturated rings. The van der Waals surface area contributed by atoms with Crippen LogP contribution in [0.25, 0.3) is 0 Å². The van der Waals surface area contributed by atoms with Crippen molar-refractivity contribution in [2.45, 2.75) is 19.8 Å². The van der Waals surface area contributed by atoms with Gasteiger partial charge in [0.2, 0.25) is 15.9 Å². The Morgan fingerprint density at radius 1 is 1.52 bits per heavy atom. The molecule has 0 saturated carbocycles. The van der Waals surface area contributed by atoms with Crippen LogP contribution in [0.15, 0.2) is 18.3 Å². The minimum atomic E-state index is -3.21. The molecule has 1 aromatic rings. The van der Waals surface area contributed by atoms with Gasteiger partial charge in [0.1, 0.15) is 5.56 Å². The molecule has 128 valence electrons. The van der Waals surface area contributed by atoms with Gasteiger partial charge in [0.05, 0.1) is 12.9 Å². The molecule has 0 radical (unpaired) electrons. The second kappa shape index (κ2) is 7.74. The number of ether oxygens (including phenoxy) is 1. The van der Waals surface area contributed by atoms with E-state index in [0.29, 0.717) is 37.7 Å².